The highest BCUT2D eigenvalue weighted by molar-refractivity contribution is 5.13. The van der Waals surface area contributed by atoms with Crippen molar-refractivity contribution in [2.24, 2.45) is 0 Å². The van der Waals surface area contributed by atoms with Gasteiger partial charge in [-0.15, -0.1) is 0 Å². The zero-order chi connectivity index (χ0) is 13.1. The van der Waals surface area contributed by atoms with Gasteiger partial charge in [-0.1, -0.05) is 12.5 Å². The standard InChI is InChI=1S/C15H20N4/c1-12-14(18-11-17-12)10-19-9-5-3-7-15(19)13-6-2-4-8-16-13/h2,4,6,8,11,15H,3,5,7,9-10H2,1H3,(H,17,18)/t15-/m1/s1. The first-order valence-electron chi connectivity index (χ1n) is 6.98. The van der Waals surface area contributed by atoms with Crippen LogP contribution in [0.25, 0.3) is 0 Å². The van der Waals surface area contributed by atoms with Crippen LogP contribution in [0.3, 0.4) is 0 Å². The lowest BCUT2D eigenvalue weighted by Crippen LogP contribution is -2.33. The van der Waals surface area contributed by atoms with Gasteiger partial charge in [0, 0.05) is 18.4 Å². The molecule has 100 valence electrons. The molecule has 4 nitrogen and oxygen atoms in total. The molecule has 19 heavy (non-hydrogen) atoms. The van der Waals surface area contributed by atoms with Gasteiger partial charge in [0.1, 0.15) is 0 Å². The van der Waals surface area contributed by atoms with Gasteiger partial charge >= 0.3 is 0 Å². The molecule has 0 saturated carbocycles. The zero-order valence-electron chi connectivity index (χ0n) is 11.3. The minimum atomic E-state index is 0.436. The number of hydrogen-bond acceptors (Lipinski definition) is 3. The second-order valence-electron chi connectivity index (χ2n) is 5.21. The second kappa shape index (κ2) is 5.53. The Morgan fingerprint density at radius 2 is 2.26 bits per heavy atom. The maximum Gasteiger partial charge on any atom is 0.0925 e. The van der Waals surface area contributed by atoms with Gasteiger partial charge in [-0.2, -0.15) is 0 Å². The molecule has 1 fully saturated rings. The van der Waals surface area contributed by atoms with Crippen molar-refractivity contribution in [2.75, 3.05) is 6.54 Å². The van der Waals surface area contributed by atoms with Gasteiger partial charge in [-0.25, -0.2) is 4.98 Å². The number of pyridine rings is 1. The number of piperidine rings is 1. The van der Waals surface area contributed by atoms with E-state index in [9.17, 15) is 0 Å². The van der Waals surface area contributed by atoms with Crippen LogP contribution >= 0.6 is 0 Å². The van der Waals surface area contributed by atoms with Crippen LogP contribution in [0.4, 0.5) is 0 Å². The molecule has 0 bridgehead atoms. The molecule has 0 amide bonds. The number of imidazole rings is 1. The Balaban J connectivity index is 1.80. The summed E-state index contributed by atoms with van der Waals surface area (Å²) in [5.74, 6) is 0. The number of aromatic amines is 1. The molecule has 0 spiro atoms. The number of rotatable bonds is 3. The Hall–Kier alpha value is -1.68. The number of aromatic nitrogens is 3. The fraction of sp³-hybridized carbons (Fsp3) is 0.467. The van der Waals surface area contributed by atoms with Crippen molar-refractivity contribution in [3.05, 3.63) is 47.8 Å². The molecule has 1 N–H and O–H groups in total. The molecule has 3 rings (SSSR count). The number of nitrogens with zero attached hydrogens (tertiary/aromatic N) is 3. The first-order valence-corrected chi connectivity index (χ1v) is 6.98. The number of likely N-dealkylation sites (tertiary alicyclic amines) is 1. The first kappa shape index (κ1) is 12.4. The molecule has 1 atom stereocenters. The molecule has 0 radical (unpaired) electrons. The summed E-state index contributed by atoms with van der Waals surface area (Å²) in [6.45, 7) is 4.13. The molecule has 3 heterocycles. The highest BCUT2D eigenvalue weighted by atomic mass is 15.2. The topological polar surface area (TPSA) is 44.8 Å². The molecule has 4 heteroatoms. The van der Waals surface area contributed by atoms with Crippen molar-refractivity contribution < 1.29 is 0 Å². The van der Waals surface area contributed by atoms with Crippen molar-refractivity contribution in [1.82, 2.24) is 19.9 Å². The summed E-state index contributed by atoms with van der Waals surface area (Å²) in [6.07, 6.45) is 7.43. The summed E-state index contributed by atoms with van der Waals surface area (Å²) in [5.41, 5.74) is 3.52. The number of hydrogen-bond donors (Lipinski definition) is 1. The molecule has 2 aromatic rings. The van der Waals surface area contributed by atoms with E-state index in [1.54, 1.807) is 6.33 Å². The molecule has 1 aliphatic rings. The minimum Gasteiger partial charge on any atom is -0.348 e. The van der Waals surface area contributed by atoms with Crippen LogP contribution in [0.5, 0.6) is 0 Å². The van der Waals surface area contributed by atoms with E-state index in [2.05, 4.69) is 38.9 Å². The highest BCUT2D eigenvalue weighted by Crippen LogP contribution is 2.30. The fourth-order valence-electron chi connectivity index (χ4n) is 2.83. The van der Waals surface area contributed by atoms with E-state index in [-0.39, 0.29) is 0 Å². The predicted molar refractivity (Wildman–Crippen MR) is 74.6 cm³/mol. The quantitative estimate of drug-likeness (QED) is 0.918. The van der Waals surface area contributed by atoms with Crippen molar-refractivity contribution in [3.63, 3.8) is 0 Å². The minimum absolute atomic E-state index is 0.436. The lowest BCUT2D eigenvalue weighted by atomic mass is 9.98. The monoisotopic (exact) mass is 256 g/mol. The van der Waals surface area contributed by atoms with Gasteiger partial charge in [-0.05, 0) is 38.4 Å². The fourth-order valence-corrected chi connectivity index (χ4v) is 2.83. The lowest BCUT2D eigenvalue weighted by Gasteiger charge is -2.35. The Kier molecular flexibility index (Phi) is 3.60. The van der Waals surface area contributed by atoms with Gasteiger partial charge in [0.2, 0.25) is 0 Å². The normalized spacial score (nSPS) is 20.6. The van der Waals surface area contributed by atoms with Crippen LogP contribution in [-0.4, -0.2) is 26.4 Å². The van der Waals surface area contributed by atoms with Crippen molar-refractivity contribution in [1.29, 1.82) is 0 Å². The molecule has 1 saturated heterocycles. The average Bonchev–Trinajstić information content (AvgIpc) is 2.86. The van der Waals surface area contributed by atoms with Crippen LogP contribution in [0.15, 0.2) is 30.7 Å². The van der Waals surface area contributed by atoms with Gasteiger partial charge < -0.3 is 4.98 Å². The maximum atomic E-state index is 4.53. The first-order chi connectivity index (χ1) is 9.34. The summed E-state index contributed by atoms with van der Waals surface area (Å²) in [6, 6.07) is 6.63. The number of nitrogens with one attached hydrogen (secondary N) is 1. The Morgan fingerprint density at radius 3 is 3.00 bits per heavy atom. The van der Waals surface area contributed by atoms with Crippen molar-refractivity contribution in [2.45, 2.75) is 38.8 Å². The summed E-state index contributed by atoms with van der Waals surface area (Å²) in [7, 11) is 0. The van der Waals surface area contributed by atoms with E-state index in [1.807, 2.05) is 12.3 Å². The average molecular weight is 256 g/mol. The summed E-state index contributed by atoms with van der Waals surface area (Å²) >= 11 is 0. The Morgan fingerprint density at radius 1 is 1.32 bits per heavy atom. The van der Waals surface area contributed by atoms with Gasteiger partial charge in [0.05, 0.1) is 23.8 Å². The number of aryl methyl sites for hydroxylation is 1. The van der Waals surface area contributed by atoms with Crippen LogP contribution in [0, 0.1) is 6.92 Å². The van der Waals surface area contributed by atoms with Crippen LogP contribution in [0.1, 0.15) is 42.4 Å². The largest absolute Gasteiger partial charge is 0.348 e. The third-order valence-corrected chi connectivity index (χ3v) is 3.93. The SMILES string of the molecule is Cc1[nH]cnc1CN1CCCC[C@@H]1c1ccccn1. The zero-order valence-corrected chi connectivity index (χ0v) is 11.3. The van der Waals surface area contributed by atoms with E-state index < -0.39 is 0 Å². The second-order valence-corrected chi connectivity index (χ2v) is 5.21. The molecular formula is C15H20N4. The predicted octanol–water partition coefficient (Wildman–Crippen LogP) is 2.84. The van der Waals surface area contributed by atoms with E-state index in [0.717, 1.165) is 18.8 Å². The molecular weight excluding hydrogens is 236 g/mol. The van der Waals surface area contributed by atoms with E-state index in [1.165, 1.54) is 30.7 Å². The van der Waals surface area contributed by atoms with Crippen molar-refractivity contribution >= 4 is 0 Å². The van der Waals surface area contributed by atoms with E-state index in [0.29, 0.717) is 6.04 Å². The Labute approximate surface area is 113 Å². The Bertz CT molecular complexity index is 520. The maximum absolute atomic E-state index is 4.53. The third-order valence-electron chi connectivity index (χ3n) is 3.93. The molecule has 0 aromatic carbocycles. The van der Waals surface area contributed by atoms with Gasteiger partial charge in [0.15, 0.2) is 0 Å². The van der Waals surface area contributed by atoms with Crippen molar-refractivity contribution in [3.8, 4) is 0 Å². The summed E-state index contributed by atoms with van der Waals surface area (Å²) < 4.78 is 0. The van der Waals surface area contributed by atoms with Crippen LogP contribution < -0.4 is 0 Å². The lowest BCUT2D eigenvalue weighted by molar-refractivity contribution is 0.135. The molecule has 2 aromatic heterocycles. The molecule has 1 aliphatic heterocycles. The summed E-state index contributed by atoms with van der Waals surface area (Å²) in [5, 5.41) is 0. The molecule has 0 unspecified atom stereocenters. The molecule has 0 aliphatic carbocycles. The number of H-pyrrole nitrogens is 1. The third kappa shape index (κ3) is 2.68. The summed E-state index contributed by atoms with van der Waals surface area (Å²) in [4.78, 5) is 14.6. The van der Waals surface area contributed by atoms with Gasteiger partial charge in [-0.3, -0.25) is 9.88 Å². The van der Waals surface area contributed by atoms with Gasteiger partial charge in [0.25, 0.3) is 0 Å². The van der Waals surface area contributed by atoms with Crippen LogP contribution in [0.2, 0.25) is 0 Å². The van der Waals surface area contributed by atoms with Crippen LogP contribution in [-0.2, 0) is 6.54 Å². The highest BCUT2D eigenvalue weighted by Gasteiger charge is 2.25. The van der Waals surface area contributed by atoms with E-state index in [4.69, 9.17) is 0 Å². The smallest absolute Gasteiger partial charge is 0.0925 e. The van der Waals surface area contributed by atoms with E-state index >= 15 is 0 Å².